The SMILES string of the molecule is CNCCC1CCN(c2ccc3nnc(C(F)(F)F)n3n2)CC1. The van der Waals surface area contributed by atoms with E-state index < -0.39 is 12.0 Å². The summed E-state index contributed by atoms with van der Waals surface area (Å²) in [6.45, 7) is 2.59. The number of hydrogen-bond acceptors (Lipinski definition) is 5. The minimum Gasteiger partial charge on any atom is -0.355 e. The molecule has 2 aromatic rings. The predicted molar refractivity (Wildman–Crippen MR) is 79.3 cm³/mol. The maximum Gasteiger partial charge on any atom is 0.453 e. The Labute approximate surface area is 131 Å². The zero-order valence-electron chi connectivity index (χ0n) is 12.8. The van der Waals surface area contributed by atoms with Crippen LogP contribution < -0.4 is 10.2 Å². The van der Waals surface area contributed by atoms with Crippen LogP contribution >= 0.6 is 0 Å². The molecule has 0 radical (unpaired) electrons. The number of alkyl halides is 3. The molecule has 9 heteroatoms. The third kappa shape index (κ3) is 3.39. The van der Waals surface area contributed by atoms with Crippen molar-refractivity contribution in [2.24, 2.45) is 5.92 Å². The van der Waals surface area contributed by atoms with E-state index in [4.69, 9.17) is 0 Å². The minimum absolute atomic E-state index is 0.102. The molecule has 0 aromatic carbocycles. The molecule has 3 rings (SSSR count). The van der Waals surface area contributed by atoms with E-state index in [2.05, 4.69) is 20.6 Å². The van der Waals surface area contributed by atoms with Gasteiger partial charge in [-0.05, 0) is 50.9 Å². The fourth-order valence-corrected chi connectivity index (χ4v) is 2.92. The van der Waals surface area contributed by atoms with E-state index in [0.29, 0.717) is 11.7 Å². The number of piperidine rings is 1. The Balaban J connectivity index is 1.76. The topological polar surface area (TPSA) is 58.3 Å². The molecule has 23 heavy (non-hydrogen) atoms. The molecular formula is C14H19F3N6. The largest absolute Gasteiger partial charge is 0.453 e. The number of rotatable bonds is 4. The zero-order chi connectivity index (χ0) is 16.4. The molecule has 0 aliphatic carbocycles. The van der Waals surface area contributed by atoms with Crippen molar-refractivity contribution < 1.29 is 13.2 Å². The summed E-state index contributed by atoms with van der Waals surface area (Å²) < 4.78 is 39.5. The van der Waals surface area contributed by atoms with Gasteiger partial charge in [0, 0.05) is 13.1 Å². The molecule has 3 heterocycles. The van der Waals surface area contributed by atoms with Crippen molar-refractivity contribution in [1.82, 2.24) is 25.1 Å². The van der Waals surface area contributed by atoms with Gasteiger partial charge in [0.15, 0.2) is 5.65 Å². The van der Waals surface area contributed by atoms with Gasteiger partial charge in [0.1, 0.15) is 5.82 Å². The Morgan fingerprint density at radius 3 is 2.61 bits per heavy atom. The second-order valence-electron chi connectivity index (χ2n) is 5.81. The van der Waals surface area contributed by atoms with Crippen molar-refractivity contribution in [2.75, 3.05) is 31.6 Å². The van der Waals surface area contributed by atoms with Gasteiger partial charge in [-0.25, -0.2) is 0 Å². The molecule has 6 nitrogen and oxygen atoms in total. The van der Waals surface area contributed by atoms with Crippen LogP contribution in [0.5, 0.6) is 0 Å². The summed E-state index contributed by atoms with van der Waals surface area (Å²) in [6, 6.07) is 3.23. The summed E-state index contributed by atoms with van der Waals surface area (Å²) in [6.07, 6.45) is -1.39. The summed E-state index contributed by atoms with van der Waals surface area (Å²) in [7, 11) is 1.94. The van der Waals surface area contributed by atoms with Gasteiger partial charge in [-0.1, -0.05) is 0 Å². The predicted octanol–water partition coefficient (Wildman–Crippen LogP) is 1.97. The molecule has 2 aromatic heterocycles. The fourth-order valence-electron chi connectivity index (χ4n) is 2.92. The first-order chi connectivity index (χ1) is 11.0. The van der Waals surface area contributed by atoms with Crippen LogP contribution in [0.4, 0.5) is 19.0 Å². The fraction of sp³-hybridized carbons (Fsp3) is 0.643. The van der Waals surface area contributed by atoms with Gasteiger partial charge in [0.05, 0.1) is 0 Å². The summed E-state index contributed by atoms with van der Waals surface area (Å²) in [5.41, 5.74) is 0.102. The zero-order valence-corrected chi connectivity index (χ0v) is 12.8. The van der Waals surface area contributed by atoms with Crippen LogP contribution in [0.3, 0.4) is 0 Å². The van der Waals surface area contributed by atoms with Crippen LogP contribution in [0.2, 0.25) is 0 Å². The normalized spacial score (nSPS) is 17.1. The molecule has 1 aliphatic rings. The van der Waals surface area contributed by atoms with Crippen molar-refractivity contribution in [2.45, 2.75) is 25.4 Å². The quantitative estimate of drug-likeness (QED) is 0.930. The summed E-state index contributed by atoms with van der Waals surface area (Å²) in [5, 5.41) is 14.0. The first-order valence-corrected chi connectivity index (χ1v) is 7.68. The number of aromatic nitrogens is 4. The van der Waals surface area contributed by atoms with Crippen LogP contribution in [0.25, 0.3) is 5.65 Å². The van der Waals surface area contributed by atoms with Gasteiger partial charge in [0.2, 0.25) is 0 Å². The number of halogens is 3. The lowest BCUT2D eigenvalue weighted by Gasteiger charge is -2.32. The maximum absolute atomic E-state index is 12.9. The maximum atomic E-state index is 12.9. The van der Waals surface area contributed by atoms with Crippen LogP contribution in [0, 0.1) is 5.92 Å². The van der Waals surface area contributed by atoms with Gasteiger partial charge in [-0.2, -0.15) is 17.7 Å². The Kier molecular flexibility index (Phi) is 4.38. The number of nitrogens with zero attached hydrogens (tertiary/aromatic N) is 5. The number of nitrogens with one attached hydrogen (secondary N) is 1. The standard InChI is InChI=1S/C14H19F3N6/c1-18-7-4-10-5-8-22(9-6-10)12-3-2-11-19-20-13(14(15,16)17)23(11)21-12/h2-3,10,18H,4-9H2,1H3. The summed E-state index contributed by atoms with van der Waals surface area (Å²) >= 11 is 0. The van der Waals surface area contributed by atoms with Crippen LogP contribution in [0.1, 0.15) is 25.1 Å². The Bertz CT molecular complexity index is 660. The molecular weight excluding hydrogens is 309 g/mol. The van der Waals surface area contributed by atoms with Gasteiger partial charge >= 0.3 is 6.18 Å². The second kappa shape index (κ2) is 6.31. The van der Waals surface area contributed by atoms with Crippen molar-refractivity contribution >= 4 is 11.5 Å². The van der Waals surface area contributed by atoms with E-state index in [-0.39, 0.29) is 5.65 Å². The smallest absolute Gasteiger partial charge is 0.355 e. The van der Waals surface area contributed by atoms with Crippen molar-refractivity contribution in [3.05, 3.63) is 18.0 Å². The molecule has 1 saturated heterocycles. The minimum atomic E-state index is -4.56. The Morgan fingerprint density at radius 1 is 1.22 bits per heavy atom. The van der Waals surface area contributed by atoms with Gasteiger partial charge < -0.3 is 10.2 Å². The monoisotopic (exact) mass is 328 g/mol. The van der Waals surface area contributed by atoms with Crippen LogP contribution in [-0.2, 0) is 6.18 Å². The molecule has 0 unspecified atom stereocenters. The number of anilines is 1. The van der Waals surface area contributed by atoms with Crippen molar-refractivity contribution in [3.8, 4) is 0 Å². The van der Waals surface area contributed by atoms with Crippen LogP contribution in [-0.4, -0.2) is 46.5 Å². The molecule has 0 saturated carbocycles. The molecule has 126 valence electrons. The highest BCUT2D eigenvalue weighted by atomic mass is 19.4. The van der Waals surface area contributed by atoms with E-state index in [1.54, 1.807) is 6.07 Å². The first-order valence-electron chi connectivity index (χ1n) is 7.68. The van der Waals surface area contributed by atoms with E-state index >= 15 is 0 Å². The third-order valence-electron chi connectivity index (χ3n) is 4.24. The van der Waals surface area contributed by atoms with E-state index in [1.807, 2.05) is 11.9 Å². The van der Waals surface area contributed by atoms with Gasteiger partial charge in [-0.3, -0.25) is 0 Å². The summed E-state index contributed by atoms with van der Waals surface area (Å²) in [5.74, 6) is 0.108. The van der Waals surface area contributed by atoms with Crippen LogP contribution in [0.15, 0.2) is 12.1 Å². The molecule has 0 amide bonds. The number of fused-ring (bicyclic) bond motifs is 1. The highest BCUT2D eigenvalue weighted by molar-refractivity contribution is 5.46. The van der Waals surface area contributed by atoms with E-state index in [9.17, 15) is 13.2 Å². The third-order valence-corrected chi connectivity index (χ3v) is 4.24. The average Bonchev–Trinajstić information content (AvgIpc) is 2.96. The highest BCUT2D eigenvalue weighted by Crippen LogP contribution is 2.29. The molecule has 1 fully saturated rings. The Morgan fingerprint density at radius 2 is 1.96 bits per heavy atom. The lowest BCUT2D eigenvalue weighted by molar-refractivity contribution is -0.146. The molecule has 0 atom stereocenters. The molecule has 1 aliphatic heterocycles. The highest BCUT2D eigenvalue weighted by Gasteiger charge is 2.37. The summed E-state index contributed by atoms with van der Waals surface area (Å²) in [4.78, 5) is 2.02. The van der Waals surface area contributed by atoms with Crippen molar-refractivity contribution in [1.29, 1.82) is 0 Å². The average molecular weight is 328 g/mol. The molecule has 0 spiro atoms. The van der Waals surface area contributed by atoms with E-state index in [1.165, 1.54) is 6.07 Å². The van der Waals surface area contributed by atoms with Gasteiger partial charge in [-0.15, -0.1) is 15.3 Å². The number of hydrogen-bond donors (Lipinski definition) is 1. The molecule has 0 bridgehead atoms. The second-order valence-corrected chi connectivity index (χ2v) is 5.81. The lowest BCUT2D eigenvalue weighted by atomic mass is 9.93. The van der Waals surface area contributed by atoms with Gasteiger partial charge in [0.25, 0.3) is 5.82 Å². The van der Waals surface area contributed by atoms with E-state index in [0.717, 1.165) is 43.4 Å². The molecule has 1 N–H and O–H groups in total. The lowest BCUT2D eigenvalue weighted by Crippen LogP contribution is -2.35. The Hall–Kier alpha value is -1.90. The van der Waals surface area contributed by atoms with Crippen molar-refractivity contribution in [3.63, 3.8) is 0 Å². The first kappa shape index (κ1) is 16.0.